The fourth-order valence-electron chi connectivity index (χ4n) is 4.77. The molecular weight excluding hydrogens is 342 g/mol. The van der Waals surface area contributed by atoms with Crippen molar-refractivity contribution in [1.29, 1.82) is 0 Å². The number of rotatable bonds is 2. The lowest BCUT2D eigenvalue weighted by atomic mass is 9.77. The predicted octanol–water partition coefficient (Wildman–Crippen LogP) is 1.22. The molecule has 0 bridgehead atoms. The molecule has 7 heteroatoms. The number of aliphatic hydroxyl groups excluding tert-OH is 1. The molecular formula is C18H26ClN3O3. The molecule has 25 heavy (non-hydrogen) atoms. The molecule has 0 radical (unpaired) electrons. The van der Waals surface area contributed by atoms with E-state index in [-0.39, 0.29) is 18.1 Å². The maximum Gasteiger partial charge on any atom is 0.270 e. The Morgan fingerprint density at radius 3 is 2.56 bits per heavy atom. The summed E-state index contributed by atoms with van der Waals surface area (Å²) in [5, 5.41) is 11.2. The minimum atomic E-state index is -0.307. The van der Waals surface area contributed by atoms with Gasteiger partial charge in [-0.1, -0.05) is 11.6 Å². The van der Waals surface area contributed by atoms with Crippen LogP contribution in [0.3, 0.4) is 0 Å². The van der Waals surface area contributed by atoms with Crippen molar-refractivity contribution >= 4 is 17.5 Å². The van der Waals surface area contributed by atoms with Gasteiger partial charge in [-0.15, -0.1) is 0 Å². The lowest BCUT2D eigenvalue weighted by Crippen LogP contribution is -2.53. The number of halogens is 1. The molecule has 0 aromatic carbocycles. The second-order valence-electron chi connectivity index (χ2n) is 7.64. The van der Waals surface area contributed by atoms with Crippen molar-refractivity contribution in [2.45, 2.75) is 25.0 Å². The van der Waals surface area contributed by atoms with Crippen LogP contribution in [0.4, 0.5) is 0 Å². The average Bonchev–Trinajstić information content (AvgIpc) is 3.16. The minimum absolute atomic E-state index is 0.0428. The van der Waals surface area contributed by atoms with Gasteiger partial charge >= 0.3 is 0 Å². The van der Waals surface area contributed by atoms with E-state index in [1.165, 1.54) is 0 Å². The third-order valence-electron chi connectivity index (χ3n) is 6.10. The van der Waals surface area contributed by atoms with E-state index in [2.05, 4.69) is 4.90 Å². The number of carbonyl (C=O) groups is 1. The van der Waals surface area contributed by atoms with Crippen LogP contribution in [0.15, 0.2) is 12.3 Å². The Balaban J connectivity index is 1.44. The smallest absolute Gasteiger partial charge is 0.270 e. The summed E-state index contributed by atoms with van der Waals surface area (Å²) in [7, 11) is 1.85. The van der Waals surface area contributed by atoms with Gasteiger partial charge in [0.15, 0.2) is 0 Å². The van der Waals surface area contributed by atoms with Crippen molar-refractivity contribution < 1.29 is 14.6 Å². The summed E-state index contributed by atoms with van der Waals surface area (Å²) in [5.41, 5.74) is 0.633. The van der Waals surface area contributed by atoms with E-state index < -0.39 is 0 Å². The SMILES string of the molecule is Cn1cc(Cl)cc1C(=O)N1C[C@H]2C[C@@H](N3CCOCC3)[C@H](O)C[C@H]2C1. The lowest BCUT2D eigenvalue weighted by Gasteiger charge is -2.43. The molecule has 2 aliphatic heterocycles. The summed E-state index contributed by atoms with van der Waals surface area (Å²) in [6, 6.07) is 1.93. The van der Waals surface area contributed by atoms with Crippen molar-refractivity contribution in [3.8, 4) is 0 Å². The molecule has 1 saturated carbocycles. The summed E-state index contributed by atoms with van der Waals surface area (Å²) in [5.74, 6) is 0.907. The van der Waals surface area contributed by atoms with Crippen LogP contribution in [-0.2, 0) is 11.8 Å². The Hall–Kier alpha value is -1.08. The summed E-state index contributed by atoms with van der Waals surface area (Å²) in [6.07, 6.45) is 3.20. The van der Waals surface area contributed by atoms with Crippen LogP contribution >= 0.6 is 11.6 Å². The molecule has 1 aromatic rings. The van der Waals surface area contributed by atoms with E-state index in [0.29, 0.717) is 22.6 Å². The number of amides is 1. The number of likely N-dealkylation sites (tertiary alicyclic amines) is 1. The molecule has 6 nitrogen and oxygen atoms in total. The molecule has 2 saturated heterocycles. The van der Waals surface area contributed by atoms with Crippen LogP contribution < -0.4 is 0 Å². The van der Waals surface area contributed by atoms with Crippen molar-refractivity contribution in [3.05, 3.63) is 23.0 Å². The van der Waals surface area contributed by atoms with E-state index in [0.717, 1.165) is 52.2 Å². The molecule has 1 N–H and O–H groups in total. The molecule has 1 aromatic heterocycles. The molecule has 1 amide bonds. The predicted molar refractivity (Wildman–Crippen MR) is 94.7 cm³/mol. The van der Waals surface area contributed by atoms with Gasteiger partial charge in [0.05, 0.1) is 24.3 Å². The van der Waals surface area contributed by atoms with Gasteiger partial charge in [0, 0.05) is 45.5 Å². The van der Waals surface area contributed by atoms with E-state index in [9.17, 15) is 9.90 Å². The fourth-order valence-corrected chi connectivity index (χ4v) is 5.02. The van der Waals surface area contributed by atoms with E-state index in [1.807, 2.05) is 11.9 Å². The number of hydrogen-bond donors (Lipinski definition) is 1. The number of fused-ring (bicyclic) bond motifs is 1. The highest BCUT2D eigenvalue weighted by Crippen LogP contribution is 2.39. The zero-order valence-electron chi connectivity index (χ0n) is 14.6. The van der Waals surface area contributed by atoms with Gasteiger partial charge in [-0.25, -0.2) is 0 Å². The van der Waals surface area contributed by atoms with Gasteiger partial charge in [0.25, 0.3) is 5.91 Å². The van der Waals surface area contributed by atoms with Crippen LogP contribution in [0.5, 0.6) is 0 Å². The molecule has 4 rings (SSSR count). The van der Waals surface area contributed by atoms with Gasteiger partial charge in [-0.2, -0.15) is 0 Å². The second-order valence-corrected chi connectivity index (χ2v) is 8.08. The number of aromatic nitrogens is 1. The molecule has 138 valence electrons. The van der Waals surface area contributed by atoms with Crippen molar-refractivity contribution in [3.63, 3.8) is 0 Å². The number of hydrogen-bond acceptors (Lipinski definition) is 4. The summed E-state index contributed by atoms with van der Waals surface area (Å²) in [4.78, 5) is 17.2. The Kier molecular flexibility index (Phi) is 4.79. The second kappa shape index (κ2) is 6.91. The largest absolute Gasteiger partial charge is 0.391 e. The first-order chi connectivity index (χ1) is 12.0. The highest BCUT2D eigenvalue weighted by Gasteiger charge is 2.45. The quantitative estimate of drug-likeness (QED) is 0.854. The number of morpholine rings is 1. The monoisotopic (exact) mass is 367 g/mol. The summed E-state index contributed by atoms with van der Waals surface area (Å²) in [6.45, 7) is 4.79. The minimum Gasteiger partial charge on any atom is -0.391 e. The highest BCUT2D eigenvalue weighted by molar-refractivity contribution is 6.31. The Bertz CT molecular complexity index is 644. The van der Waals surface area contributed by atoms with Crippen LogP contribution in [-0.4, -0.2) is 76.9 Å². The molecule has 4 atom stereocenters. The van der Waals surface area contributed by atoms with Gasteiger partial charge < -0.3 is 19.3 Å². The average molecular weight is 368 g/mol. The van der Waals surface area contributed by atoms with Crippen LogP contribution in [0.2, 0.25) is 5.02 Å². The van der Waals surface area contributed by atoms with E-state index in [1.54, 1.807) is 16.8 Å². The zero-order valence-corrected chi connectivity index (χ0v) is 15.4. The van der Waals surface area contributed by atoms with Crippen LogP contribution in [0.1, 0.15) is 23.3 Å². The topological polar surface area (TPSA) is 57.9 Å². The molecule has 3 aliphatic rings. The Labute approximate surface area is 153 Å². The van der Waals surface area contributed by atoms with Crippen molar-refractivity contribution in [1.82, 2.24) is 14.4 Å². The third-order valence-corrected chi connectivity index (χ3v) is 6.31. The molecule has 0 unspecified atom stereocenters. The van der Waals surface area contributed by atoms with Crippen LogP contribution in [0.25, 0.3) is 0 Å². The Morgan fingerprint density at radius 1 is 1.24 bits per heavy atom. The van der Waals surface area contributed by atoms with E-state index >= 15 is 0 Å². The maximum atomic E-state index is 12.8. The number of nitrogens with zero attached hydrogens (tertiary/aromatic N) is 3. The molecule has 1 aliphatic carbocycles. The highest BCUT2D eigenvalue weighted by atomic mass is 35.5. The Morgan fingerprint density at radius 2 is 1.92 bits per heavy atom. The van der Waals surface area contributed by atoms with Crippen molar-refractivity contribution in [2.75, 3.05) is 39.4 Å². The molecule has 3 fully saturated rings. The number of aliphatic hydroxyl groups is 1. The standard InChI is InChI=1S/C18H26ClN3O3/c1-20-11-14(19)8-16(20)18(24)22-9-12-6-15(17(23)7-13(12)10-22)21-2-4-25-5-3-21/h8,11-13,15,17,23H,2-7,9-10H2,1H3/t12-,13+,15-,17-/m1/s1. The fraction of sp³-hybridized carbons (Fsp3) is 0.722. The van der Waals surface area contributed by atoms with Gasteiger partial charge in [-0.05, 0) is 30.7 Å². The number of carbonyl (C=O) groups excluding carboxylic acids is 1. The number of ether oxygens (including phenoxy) is 1. The first-order valence-electron chi connectivity index (χ1n) is 9.14. The molecule has 3 heterocycles. The lowest BCUT2D eigenvalue weighted by molar-refractivity contribution is -0.0520. The van der Waals surface area contributed by atoms with Crippen LogP contribution in [0, 0.1) is 11.8 Å². The van der Waals surface area contributed by atoms with Gasteiger partial charge in [-0.3, -0.25) is 9.69 Å². The van der Waals surface area contributed by atoms with Gasteiger partial charge in [0.2, 0.25) is 0 Å². The molecule has 0 spiro atoms. The third kappa shape index (κ3) is 3.33. The van der Waals surface area contributed by atoms with Crippen molar-refractivity contribution in [2.24, 2.45) is 18.9 Å². The van der Waals surface area contributed by atoms with Gasteiger partial charge in [0.1, 0.15) is 5.69 Å². The van der Waals surface area contributed by atoms with E-state index in [4.69, 9.17) is 16.3 Å². The summed E-state index contributed by atoms with van der Waals surface area (Å²) >= 11 is 6.02. The zero-order chi connectivity index (χ0) is 17.6. The maximum absolute atomic E-state index is 12.8. The first-order valence-corrected chi connectivity index (χ1v) is 9.51. The first kappa shape index (κ1) is 17.3. The normalized spacial score (nSPS) is 33.5. The summed E-state index contributed by atoms with van der Waals surface area (Å²) < 4.78 is 7.22. The number of aryl methyl sites for hydroxylation is 1.